The Labute approximate surface area is 146 Å². The van der Waals surface area contributed by atoms with E-state index in [1.54, 1.807) is 0 Å². The predicted molar refractivity (Wildman–Crippen MR) is 92.0 cm³/mol. The zero-order chi connectivity index (χ0) is 17.1. The predicted octanol–water partition coefficient (Wildman–Crippen LogP) is 1.22. The third-order valence-electron chi connectivity index (χ3n) is 4.78. The maximum absolute atomic E-state index is 12.6. The SMILES string of the molecule is CCc1ccsc1C(=O)N1CCN(CCN2C(=O)CCC2=O)CC1. The van der Waals surface area contributed by atoms with Gasteiger partial charge < -0.3 is 4.90 Å². The molecule has 0 spiro atoms. The van der Waals surface area contributed by atoms with Gasteiger partial charge in [0.1, 0.15) is 0 Å². The van der Waals surface area contributed by atoms with Crippen molar-refractivity contribution in [3.05, 3.63) is 21.9 Å². The molecule has 0 unspecified atom stereocenters. The van der Waals surface area contributed by atoms with Gasteiger partial charge in [0.15, 0.2) is 0 Å². The molecule has 3 heterocycles. The fourth-order valence-corrected chi connectivity index (χ4v) is 4.20. The van der Waals surface area contributed by atoms with Crippen molar-refractivity contribution < 1.29 is 14.4 Å². The highest BCUT2D eigenvalue weighted by molar-refractivity contribution is 7.12. The van der Waals surface area contributed by atoms with Gasteiger partial charge in [0.25, 0.3) is 5.91 Å². The fourth-order valence-electron chi connectivity index (χ4n) is 3.23. The largest absolute Gasteiger partial charge is 0.335 e. The Balaban J connectivity index is 1.48. The van der Waals surface area contributed by atoms with E-state index in [1.165, 1.54) is 16.2 Å². The lowest BCUT2D eigenvalue weighted by Gasteiger charge is -2.35. The van der Waals surface area contributed by atoms with Gasteiger partial charge in [0.2, 0.25) is 11.8 Å². The Bertz CT molecular complexity index is 619. The van der Waals surface area contributed by atoms with Gasteiger partial charge in [-0.25, -0.2) is 0 Å². The van der Waals surface area contributed by atoms with Crippen LogP contribution in [0.1, 0.15) is 35.0 Å². The van der Waals surface area contributed by atoms with E-state index in [2.05, 4.69) is 11.8 Å². The van der Waals surface area contributed by atoms with Crippen molar-refractivity contribution in [3.8, 4) is 0 Å². The molecule has 130 valence electrons. The molecule has 0 radical (unpaired) electrons. The number of aryl methyl sites for hydroxylation is 1. The van der Waals surface area contributed by atoms with Crippen LogP contribution in [-0.4, -0.2) is 71.7 Å². The first kappa shape index (κ1) is 17.1. The van der Waals surface area contributed by atoms with Crippen LogP contribution in [-0.2, 0) is 16.0 Å². The normalized spacial score (nSPS) is 19.4. The van der Waals surface area contributed by atoms with Crippen LogP contribution in [0.4, 0.5) is 0 Å². The number of amides is 3. The number of thiophene rings is 1. The molecule has 0 bridgehead atoms. The van der Waals surface area contributed by atoms with Gasteiger partial charge in [-0.15, -0.1) is 11.3 Å². The quantitative estimate of drug-likeness (QED) is 0.750. The van der Waals surface area contributed by atoms with E-state index in [9.17, 15) is 14.4 Å². The molecule has 2 saturated heterocycles. The van der Waals surface area contributed by atoms with Gasteiger partial charge in [-0.05, 0) is 23.4 Å². The van der Waals surface area contributed by atoms with Crippen molar-refractivity contribution in [1.29, 1.82) is 0 Å². The van der Waals surface area contributed by atoms with Gasteiger partial charge >= 0.3 is 0 Å². The number of hydrogen-bond donors (Lipinski definition) is 0. The Morgan fingerprint density at radius 2 is 1.75 bits per heavy atom. The topological polar surface area (TPSA) is 60.9 Å². The number of carbonyl (C=O) groups excluding carboxylic acids is 3. The average molecular weight is 349 g/mol. The van der Waals surface area contributed by atoms with Crippen molar-refractivity contribution >= 4 is 29.1 Å². The fraction of sp³-hybridized carbons (Fsp3) is 0.588. The molecule has 0 atom stereocenters. The van der Waals surface area contributed by atoms with Crippen LogP contribution in [0, 0.1) is 0 Å². The van der Waals surface area contributed by atoms with E-state index in [1.807, 2.05) is 16.3 Å². The Morgan fingerprint density at radius 3 is 2.38 bits per heavy atom. The van der Waals surface area contributed by atoms with E-state index in [0.717, 1.165) is 30.0 Å². The second-order valence-corrected chi connectivity index (χ2v) is 7.12. The van der Waals surface area contributed by atoms with Crippen LogP contribution in [0.2, 0.25) is 0 Å². The van der Waals surface area contributed by atoms with Gasteiger partial charge in [0, 0.05) is 52.1 Å². The second kappa shape index (κ2) is 7.44. The highest BCUT2D eigenvalue weighted by Gasteiger charge is 2.30. The standard InChI is InChI=1S/C17H23N3O3S/c1-2-13-5-12-24-16(13)17(23)19-9-6-18(7-10-19)8-11-20-14(21)3-4-15(20)22/h5,12H,2-4,6-11H2,1H3. The molecule has 1 aromatic rings. The third-order valence-corrected chi connectivity index (χ3v) is 5.72. The van der Waals surface area contributed by atoms with Crippen LogP contribution >= 0.6 is 11.3 Å². The molecule has 0 aromatic carbocycles. The summed E-state index contributed by atoms with van der Waals surface area (Å²) in [5, 5.41) is 1.98. The number of piperazine rings is 1. The molecule has 0 N–H and O–H groups in total. The highest BCUT2D eigenvalue weighted by atomic mass is 32.1. The van der Waals surface area contributed by atoms with E-state index >= 15 is 0 Å². The van der Waals surface area contributed by atoms with Crippen molar-refractivity contribution in [3.63, 3.8) is 0 Å². The molecule has 1 aromatic heterocycles. The smallest absolute Gasteiger partial charge is 0.264 e. The molecule has 7 heteroatoms. The minimum Gasteiger partial charge on any atom is -0.335 e. The number of likely N-dealkylation sites (tertiary alicyclic amines) is 1. The maximum atomic E-state index is 12.6. The summed E-state index contributed by atoms with van der Waals surface area (Å²) in [7, 11) is 0. The van der Waals surface area contributed by atoms with Crippen LogP contribution in [0.25, 0.3) is 0 Å². The van der Waals surface area contributed by atoms with E-state index < -0.39 is 0 Å². The molecular weight excluding hydrogens is 326 g/mol. The third kappa shape index (κ3) is 3.52. The van der Waals surface area contributed by atoms with Crippen LogP contribution < -0.4 is 0 Å². The van der Waals surface area contributed by atoms with Gasteiger partial charge in [-0.3, -0.25) is 24.2 Å². The minimum atomic E-state index is -0.0568. The molecule has 3 amide bonds. The van der Waals surface area contributed by atoms with E-state index in [-0.39, 0.29) is 17.7 Å². The van der Waals surface area contributed by atoms with Crippen LogP contribution in [0.15, 0.2) is 11.4 Å². The summed E-state index contributed by atoms with van der Waals surface area (Å²) >= 11 is 1.52. The summed E-state index contributed by atoms with van der Waals surface area (Å²) in [4.78, 5) is 42.2. The molecule has 0 saturated carbocycles. The molecule has 24 heavy (non-hydrogen) atoms. The molecule has 2 aliphatic heterocycles. The lowest BCUT2D eigenvalue weighted by atomic mass is 10.2. The molecule has 2 aliphatic rings. The number of rotatable bonds is 5. The Morgan fingerprint density at radius 1 is 1.08 bits per heavy atom. The number of carbonyl (C=O) groups is 3. The first-order chi connectivity index (χ1) is 11.6. The van der Waals surface area contributed by atoms with Crippen LogP contribution in [0.3, 0.4) is 0 Å². The van der Waals surface area contributed by atoms with Crippen molar-refractivity contribution in [2.45, 2.75) is 26.2 Å². The summed E-state index contributed by atoms with van der Waals surface area (Å²) in [5.41, 5.74) is 1.12. The molecular formula is C17H23N3O3S. The molecule has 0 aliphatic carbocycles. The Hall–Kier alpha value is -1.73. The molecule has 3 rings (SSSR count). The summed E-state index contributed by atoms with van der Waals surface area (Å²) in [6, 6.07) is 2.03. The zero-order valence-corrected chi connectivity index (χ0v) is 14.8. The lowest BCUT2D eigenvalue weighted by Crippen LogP contribution is -2.50. The summed E-state index contributed by atoms with van der Waals surface area (Å²) in [5.74, 6) is 0.0172. The highest BCUT2D eigenvalue weighted by Crippen LogP contribution is 2.20. The number of nitrogens with zero attached hydrogens (tertiary/aromatic N) is 3. The van der Waals surface area contributed by atoms with Gasteiger partial charge in [0.05, 0.1) is 4.88 Å². The second-order valence-electron chi connectivity index (χ2n) is 6.20. The van der Waals surface area contributed by atoms with E-state index in [4.69, 9.17) is 0 Å². The zero-order valence-electron chi connectivity index (χ0n) is 14.0. The minimum absolute atomic E-state index is 0.0568. The Kier molecular flexibility index (Phi) is 5.30. The van der Waals surface area contributed by atoms with E-state index in [0.29, 0.717) is 39.0 Å². The summed E-state index contributed by atoms with van der Waals surface area (Å²) < 4.78 is 0. The van der Waals surface area contributed by atoms with Gasteiger partial charge in [-0.1, -0.05) is 6.92 Å². The number of hydrogen-bond acceptors (Lipinski definition) is 5. The first-order valence-corrected chi connectivity index (χ1v) is 9.39. The summed E-state index contributed by atoms with van der Waals surface area (Å²) in [6.07, 6.45) is 1.58. The monoisotopic (exact) mass is 349 g/mol. The van der Waals surface area contributed by atoms with Crippen LogP contribution in [0.5, 0.6) is 0 Å². The van der Waals surface area contributed by atoms with Gasteiger partial charge in [-0.2, -0.15) is 0 Å². The van der Waals surface area contributed by atoms with Crippen molar-refractivity contribution in [1.82, 2.24) is 14.7 Å². The maximum Gasteiger partial charge on any atom is 0.264 e. The summed E-state index contributed by atoms with van der Waals surface area (Å²) in [6.45, 7) is 6.19. The lowest BCUT2D eigenvalue weighted by molar-refractivity contribution is -0.138. The number of imide groups is 1. The molecule has 6 nitrogen and oxygen atoms in total. The average Bonchev–Trinajstić information content (AvgIpc) is 3.20. The van der Waals surface area contributed by atoms with Crippen molar-refractivity contribution in [2.24, 2.45) is 0 Å². The van der Waals surface area contributed by atoms with Crippen molar-refractivity contribution in [2.75, 3.05) is 39.3 Å². The first-order valence-electron chi connectivity index (χ1n) is 8.51. The molecule has 2 fully saturated rings.